The summed E-state index contributed by atoms with van der Waals surface area (Å²) in [4.78, 5) is 28.9. The lowest BCUT2D eigenvalue weighted by Gasteiger charge is -2.35. The quantitative estimate of drug-likeness (QED) is 0.186. The van der Waals surface area contributed by atoms with Crippen molar-refractivity contribution in [2.24, 2.45) is 0 Å². The van der Waals surface area contributed by atoms with Crippen LogP contribution in [0.1, 0.15) is 47.7 Å². The first kappa shape index (κ1) is 34.4. The minimum atomic E-state index is -0.208. The molecule has 0 saturated carbocycles. The molecule has 0 spiro atoms. The normalized spacial score (nSPS) is 14.0. The Morgan fingerprint density at radius 1 is 1.02 bits per heavy atom. The smallest absolute Gasteiger partial charge is 0.253 e. The second-order valence-corrected chi connectivity index (χ2v) is 12.1. The fraction of sp³-hybridized carbons (Fsp3) is 0.500. The minimum Gasteiger partial charge on any atom is -0.495 e. The molecule has 244 valence electrons. The number of nitrogens with zero attached hydrogens (tertiary/aromatic N) is 5. The van der Waals surface area contributed by atoms with Crippen LogP contribution in [0.3, 0.4) is 0 Å². The van der Waals surface area contributed by atoms with Crippen molar-refractivity contribution in [2.75, 3.05) is 84.2 Å². The Morgan fingerprint density at radius 3 is 2.42 bits per heavy atom. The molecule has 0 aliphatic carbocycles. The summed E-state index contributed by atoms with van der Waals surface area (Å²) in [5, 5.41) is 9.45. The van der Waals surface area contributed by atoms with Crippen molar-refractivity contribution in [1.29, 1.82) is 0 Å². The highest BCUT2D eigenvalue weighted by Crippen LogP contribution is 2.32. The van der Waals surface area contributed by atoms with Crippen molar-refractivity contribution in [2.45, 2.75) is 39.5 Å². The molecule has 0 bridgehead atoms. The Balaban J connectivity index is 1.32. The van der Waals surface area contributed by atoms with E-state index in [0.717, 1.165) is 25.2 Å². The van der Waals surface area contributed by atoms with Gasteiger partial charge in [0.1, 0.15) is 10.8 Å². The van der Waals surface area contributed by atoms with Crippen LogP contribution in [0.25, 0.3) is 0 Å². The number of benzene rings is 2. The Labute approximate surface area is 273 Å². The summed E-state index contributed by atoms with van der Waals surface area (Å²) >= 11 is 6.42. The number of para-hydroxylation sites is 1. The Kier molecular flexibility index (Phi) is 13.2. The predicted octanol–water partition coefficient (Wildman–Crippen LogP) is 5.58. The largest absolute Gasteiger partial charge is 0.495 e. The van der Waals surface area contributed by atoms with Gasteiger partial charge in [-0.15, -0.1) is 0 Å². The average Bonchev–Trinajstić information content (AvgIpc) is 3.05. The lowest BCUT2D eigenvalue weighted by Crippen LogP contribution is -2.47. The summed E-state index contributed by atoms with van der Waals surface area (Å²) in [6.45, 7) is 13.7. The van der Waals surface area contributed by atoms with Crippen molar-refractivity contribution in [1.82, 2.24) is 30.0 Å². The molecule has 0 atom stereocenters. The Hall–Kier alpha value is -3.44. The predicted molar refractivity (Wildman–Crippen MR) is 185 cm³/mol. The van der Waals surface area contributed by atoms with Crippen molar-refractivity contribution in [3.63, 3.8) is 0 Å². The first-order valence-corrected chi connectivity index (χ1v) is 16.4. The number of halogens is 1. The van der Waals surface area contributed by atoms with E-state index in [1.54, 1.807) is 32.4 Å². The van der Waals surface area contributed by atoms with Gasteiger partial charge in [0.25, 0.3) is 5.91 Å². The maximum Gasteiger partial charge on any atom is 0.253 e. The van der Waals surface area contributed by atoms with E-state index in [1.165, 1.54) is 75.9 Å². The van der Waals surface area contributed by atoms with Crippen LogP contribution in [0.15, 0.2) is 42.6 Å². The van der Waals surface area contributed by atoms with E-state index < -0.39 is 0 Å². The van der Waals surface area contributed by atoms with E-state index >= 15 is 0 Å². The van der Waals surface area contributed by atoms with Gasteiger partial charge in [0, 0.05) is 39.8 Å². The van der Waals surface area contributed by atoms with Gasteiger partial charge >= 0.3 is 0 Å². The number of unbranched alkanes of at least 4 members (excludes halogenated alkanes) is 1. The van der Waals surface area contributed by atoms with Crippen LogP contribution in [-0.2, 0) is 6.42 Å². The van der Waals surface area contributed by atoms with E-state index in [0.29, 0.717) is 33.8 Å². The van der Waals surface area contributed by atoms with E-state index in [1.807, 2.05) is 6.07 Å². The van der Waals surface area contributed by atoms with Crippen LogP contribution >= 0.6 is 11.6 Å². The standard InChI is InChI=1S/C34H49ClN8O2/c1-6-7-15-42-18-20-43(21-19-42)16-10-14-41(4)17-13-26-23-31(45-5)30(22-25(26)2)39-34-37-24-28(35)32(40-34)38-29-12-9-8-11-27(29)33(44)36-3/h8-9,11-12,22-24H,6-7,10,13-21H2,1-5H3,(H,36,44)(H2,37,38,39,40). The zero-order valence-electron chi connectivity index (χ0n) is 27.5. The van der Waals surface area contributed by atoms with Gasteiger partial charge in [0.15, 0.2) is 5.82 Å². The summed E-state index contributed by atoms with van der Waals surface area (Å²) in [6, 6.07) is 11.3. The molecule has 3 N–H and O–H groups in total. The molecule has 1 fully saturated rings. The van der Waals surface area contributed by atoms with Gasteiger partial charge in [-0.05, 0) is 88.3 Å². The fourth-order valence-electron chi connectivity index (χ4n) is 5.56. The summed E-state index contributed by atoms with van der Waals surface area (Å²) < 4.78 is 5.76. The van der Waals surface area contributed by atoms with E-state index in [4.69, 9.17) is 16.3 Å². The summed E-state index contributed by atoms with van der Waals surface area (Å²) in [5.74, 6) is 1.25. The number of rotatable bonds is 16. The molecular weight excluding hydrogens is 588 g/mol. The monoisotopic (exact) mass is 636 g/mol. The van der Waals surface area contributed by atoms with Gasteiger partial charge in [-0.1, -0.05) is 37.1 Å². The third kappa shape index (κ3) is 10.0. The van der Waals surface area contributed by atoms with E-state index in [9.17, 15) is 4.79 Å². The number of amides is 1. The third-order valence-electron chi connectivity index (χ3n) is 8.37. The topological polar surface area (TPSA) is 97.9 Å². The zero-order chi connectivity index (χ0) is 32.2. The van der Waals surface area contributed by atoms with Crippen molar-refractivity contribution in [3.05, 3.63) is 64.3 Å². The molecule has 10 nitrogen and oxygen atoms in total. The van der Waals surface area contributed by atoms with Crippen molar-refractivity contribution in [3.8, 4) is 5.75 Å². The molecule has 1 saturated heterocycles. The molecule has 0 radical (unpaired) electrons. The molecule has 0 unspecified atom stereocenters. The summed E-state index contributed by atoms with van der Waals surface area (Å²) in [5.41, 5.74) is 4.25. The number of anilines is 4. The second-order valence-electron chi connectivity index (χ2n) is 11.7. The van der Waals surface area contributed by atoms with Crippen LogP contribution in [-0.4, -0.2) is 104 Å². The van der Waals surface area contributed by atoms with Gasteiger partial charge in [-0.2, -0.15) is 4.98 Å². The molecule has 45 heavy (non-hydrogen) atoms. The van der Waals surface area contributed by atoms with E-state index in [-0.39, 0.29) is 5.91 Å². The lowest BCUT2D eigenvalue weighted by atomic mass is 10.0. The molecular formula is C34H49ClN8O2. The van der Waals surface area contributed by atoms with Crippen LogP contribution in [0.4, 0.5) is 23.1 Å². The maximum atomic E-state index is 12.3. The fourth-order valence-corrected chi connectivity index (χ4v) is 5.70. The van der Waals surface area contributed by atoms with Crippen molar-refractivity contribution < 1.29 is 9.53 Å². The molecule has 2 aromatic carbocycles. The van der Waals surface area contributed by atoms with Gasteiger partial charge < -0.3 is 35.4 Å². The van der Waals surface area contributed by atoms with Crippen LogP contribution in [0.2, 0.25) is 5.02 Å². The Bertz CT molecular complexity index is 1400. The number of hydrogen-bond acceptors (Lipinski definition) is 9. The third-order valence-corrected chi connectivity index (χ3v) is 8.65. The average molecular weight is 637 g/mol. The van der Waals surface area contributed by atoms with Gasteiger partial charge in [-0.3, -0.25) is 4.79 Å². The number of ether oxygens (including phenoxy) is 1. The highest BCUT2D eigenvalue weighted by Gasteiger charge is 2.17. The second kappa shape index (κ2) is 17.3. The first-order chi connectivity index (χ1) is 21.8. The molecule has 11 heteroatoms. The minimum absolute atomic E-state index is 0.208. The molecule has 4 rings (SSSR count). The number of carbonyl (C=O) groups excluding carboxylic acids is 1. The number of aryl methyl sites for hydroxylation is 1. The number of nitrogens with one attached hydrogen (secondary N) is 3. The maximum absolute atomic E-state index is 12.3. The van der Waals surface area contributed by atoms with Crippen molar-refractivity contribution >= 4 is 40.6 Å². The number of methoxy groups -OCH3 is 1. The number of aromatic nitrogens is 2. The van der Waals surface area contributed by atoms with Gasteiger partial charge in [0.2, 0.25) is 5.95 Å². The lowest BCUT2D eigenvalue weighted by molar-refractivity contribution is 0.0964. The van der Waals surface area contributed by atoms with Gasteiger partial charge in [-0.25, -0.2) is 4.98 Å². The van der Waals surface area contributed by atoms with Crippen LogP contribution in [0.5, 0.6) is 5.75 Å². The molecule has 3 aromatic rings. The number of likely N-dealkylation sites (N-methyl/N-ethyl adjacent to an activating group) is 1. The zero-order valence-corrected chi connectivity index (χ0v) is 28.2. The SMILES string of the molecule is CCCCN1CCN(CCCN(C)CCc2cc(OC)c(Nc3ncc(Cl)c(Nc4ccccc4C(=O)NC)n3)cc2C)CC1. The number of carbonyl (C=O) groups is 1. The summed E-state index contributed by atoms with van der Waals surface area (Å²) in [7, 11) is 5.47. The summed E-state index contributed by atoms with van der Waals surface area (Å²) in [6.07, 6.45) is 6.23. The molecule has 2 heterocycles. The van der Waals surface area contributed by atoms with E-state index in [2.05, 4.69) is 73.6 Å². The highest BCUT2D eigenvalue weighted by molar-refractivity contribution is 6.33. The molecule has 1 aliphatic heterocycles. The molecule has 1 aromatic heterocycles. The number of hydrogen-bond donors (Lipinski definition) is 3. The van der Waals surface area contributed by atoms with Gasteiger partial charge in [0.05, 0.1) is 30.2 Å². The Morgan fingerprint density at radius 2 is 1.73 bits per heavy atom. The molecule has 1 aliphatic rings. The first-order valence-electron chi connectivity index (χ1n) is 16.0. The van der Waals surface area contributed by atoms with Crippen LogP contribution in [0, 0.1) is 6.92 Å². The highest BCUT2D eigenvalue weighted by atomic mass is 35.5. The van der Waals surface area contributed by atoms with Crippen LogP contribution < -0.4 is 20.7 Å². The molecule has 1 amide bonds. The number of piperazine rings is 1.